The molecule has 2 aliphatic heterocycles. The van der Waals surface area contributed by atoms with Crippen molar-refractivity contribution in [1.82, 2.24) is 10.2 Å². The highest BCUT2D eigenvalue weighted by Crippen LogP contribution is 2.30. The first-order valence-corrected chi connectivity index (χ1v) is 6.06. The van der Waals surface area contributed by atoms with Crippen molar-refractivity contribution in [3.8, 4) is 5.75 Å². The summed E-state index contributed by atoms with van der Waals surface area (Å²) in [5.74, 6) is 0.0155. The molecule has 2 heterocycles. The molecule has 1 aromatic rings. The molecular formula is C13H14N2O3. The summed E-state index contributed by atoms with van der Waals surface area (Å²) in [6.07, 6.45) is 1.63. The van der Waals surface area contributed by atoms with E-state index in [2.05, 4.69) is 5.32 Å². The van der Waals surface area contributed by atoms with E-state index >= 15 is 0 Å². The maximum Gasteiger partial charge on any atom is 0.248 e. The van der Waals surface area contributed by atoms with Gasteiger partial charge in [0.1, 0.15) is 17.8 Å². The van der Waals surface area contributed by atoms with Crippen molar-refractivity contribution >= 4 is 11.8 Å². The molecule has 1 aromatic carbocycles. The number of hydrogen-bond acceptors (Lipinski definition) is 3. The van der Waals surface area contributed by atoms with Gasteiger partial charge in [0.05, 0.1) is 0 Å². The standard InChI is InChI=1S/C13H14N2O3/c16-9-5-3-8(4-6-9)11-12(17)14-10-2-1-7-15(11)13(10)18/h3-6,10-11,16H,1-2,7H2,(H,14,17). The van der Waals surface area contributed by atoms with E-state index in [1.165, 1.54) is 12.1 Å². The minimum Gasteiger partial charge on any atom is -0.508 e. The van der Waals surface area contributed by atoms with Crippen LogP contribution in [0.5, 0.6) is 5.75 Å². The van der Waals surface area contributed by atoms with Crippen LogP contribution in [0.3, 0.4) is 0 Å². The van der Waals surface area contributed by atoms with Crippen molar-refractivity contribution in [2.24, 2.45) is 0 Å². The molecule has 3 rings (SSSR count). The molecule has 0 aliphatic carbocycles. The van der Waals surface area contributed by atoms with Crippen LogP contribution in [0.1, 0.15) is 24.4 Å². The third-order valence-corrected chi connectivity index (χ3v) is 3.56. The molecule has 2 N–H and O–H groups in total. The van der Waals surface area contributed by atoms with E-state index < -0.39 is 6.04 Å². The largest absolute Gasteiger partial charge is 0.508 e. The fourth-order valence-electron chi connectivity index (χ4n) is 2.67. The molecule has 18 heavy (non-hydrogen) atoms. The van der Waals surface area contributed by atoms with Gasteiger partial charge in [-0.3, -0.25) is 9.59 Å². The molecule has 0 spiro atoms. The zero-order chi connectivity index (χ0) is 12.7. The lowest BCUT2D eigenvalue weighted by atomic mass is 9.94. The number of piperazine rings is 1. The number of amides is 2. The Morgan fingerprint density at radius 3 is 2.67 bits per heavy atom. The molecule has 0 saturated carbocycles. The first kappa shape index (κ1) is 11.1. The number of hydrogen-bond donors (Lipinski definition) is 2. The molecule has 0 radical (unpaired) electrons. The second-order valence-corrected chi connectivity index (χ2v) is 4.73. The number of aromatic hydroxyl groups is 1. The van der Waals surface area contributed by atoms with Crippen molar-refractivity contribution in [2.45, 2.75) is 24.9 Å². The molecule has 2 bridgehead atoms. The predicted molar refractivity (Wildman–Crippen MR) is 63.7 cm³/mol. The van der Waals surface area contributed by atoms with Crippen LogP contribution in [-0.2, 0) is 9.59 Å². The molecule has 2 saturated heterocycles. The van der Waals surface area contributed by atoms with Gasteiger partial charge >= 0.3 is 0 Å². The van der Waals surface area contributed by atoms with Crippen LogP contribution in [0.2, 0.25) is 0 Å². The molecule has 2 atom stereocenters. The Labute approximate surface area is 104 Å². The number of benzene rings is 1. The number of carbonyl (C=O) groups is 2. The Bertz CT molecular complexity index is 497. The molecule has 2 amide bonds. The lowest BCUT2D eigenvalue weighted by Crippen LogP contribution is -2.61. The maximum absolute atomic E-state index is 12.1. The first-order chi connectivity index (χ1) is 8.66. The molecule has 2 aliphatic rings. The molecular weight excluding hydrogens is 232 g/mol. The van der Waals surface area contributed by atoms with E-state index in [1.54, 1.807) is 17.0 Å². The first-order valence-electron chi connectivity index (χ1n) is 6.06. The minimum atomic E-state index is -0.561. The number of nitrogens with zero attached hydrogens (tertiary/aromatic N) is 1. The number of carbonyl (C=O) groups excluding carboxylic acids is 2. The normalized spacial score (nSPS) is 27.0. The van der Waals surface area contributed by atoms with Crippen molar-refractivity contribution in [3.63, 3.8) is 0 Å². The van der Waals surface area contributed by atoms with E-state index in [0.29, 0.717) is 6.54 Å². The van der Waals surface area contributed by atoms with Crippen molar-refractivity contribution in [2.75, 3.05) is 6.54 Å². The van der Waals surface area contributed by atoms with E-state index in [0.717, 1.165) is 18.4 Å². The Kier molecular flexibility index (Phi) is 2.47. The summed E-state index contributed by atoms with van der Waals surface area (Å²) in [5.41, 5.74) is 0.735. The Balaban J connectivity index is 1.96. The van der Waals surface area contributed by atoms with E-state index in [9.17, 15) is 14.7 Å². The summed E-state index contributed by atoms with van der Waals surface area (Å²) in [6.45, 7) is 0.619. The summed E-state index contributed by atoms with van der Waals surface area (Å²) in [4.78, 5) is 25.8. The summed E-state index contributed by atoms with van der Waals surface area (Å²) in [5, 5.41) is 12.0. The number of phenolic OH excluding ortho intramolecular Hbond substituents is 1. The number of nitrogens with one attached hydrogen (secondary N) is 1. The van der Waals surface area contributed by atoms with Gasteiger partial charge in [-0.25, -0.2) is 0 Å². The molecule has 94 valence electrons. The maximum atomic E-state index is 12.1. The molecule has 5 heteroatoms. The van der Waals surface area contributed by atoms with Gasteiger partial charge in [-0.15, -0.1) is 0 Å². The molecule has 0 aromatic heterocycles. The van der Waals surface area contributed by atoms with Crippen LogP contribution < -0.4 is 5.32 Å². The Morgan fingerprint density at radius 1 is 1.22 bits per heavy atom. The highest BCUT2D eigenvalue weighted by atomic mass is 16.3. The van der Waals surface area contributed by atoms with Crippen molar-refractivity contribution in [3.05, 3.63) is 29.8 Å². The van der Waals surface area contributed by atoms with E-state index in [1.807, 2.05) is 0 Å². The van der Waals surface area contributed by atoms with Crippen LogP contribution in [0.15, 0.2) is 24.3 Å². The van der Waals surface area contributed by atoms with Crippen molar-refractivity contribution in [1.29, 1.82) is 0 Å². The predicted octanol–water partition coefficient (Wildman–Crippen LogP) is 0.554. The zero-order valence-corrected chi connectivity index (χ0v) is 9.80. The van der Waals surface area contributed by atoms with E-state index in [-0.39, 0.29) is 23.6 Å². The summed E-state index contributed by atoms with van der Waals surface area (Å²) < 4.78 is 0. The van der Waals surface area contributed by atoms with Crippen LogP contribution in [-0.4, -0.2) is 34.4 Å². The fraction of sp³-hybridized carbons (Fsp3) is 0.385. The lowest BCUT2D eigenvalue weighted by molar-refractivity contribution is -0.152. The highest BCUT2D eigenvalue weighted by molar-refractivity contribution is 5.97. The molecule has 2 unspecified atom stereocenters. The van der Waals surface area contributed by atoms with Gasteiger partial charge in [-0.1, -0.05) is 12.1 Å². The van der Waals surface area contributed by atoms with Crippen molar-refractivity contribution < 1.29 is 14.7 Å². The molecule has 2 fully saturated rings. The SMILES string of the molecule is O=C1NC2CCCN(C2=O)C1c1ccc(O)cc1. The molecule has 5 nitrogen and oxygen atoms in total. The lowest BCUT2D eigenvalue weighted by Gasteiger charge is -2.42. The van der Waals surface area contributed by atoms with Crippen LogP contribution >= 0.6 is 0 Å². The Hall–Kier alpha value is -2.04. The quantitative estimate of drug-likeness (QED) is 0.760. The van der Waals surface area contributed by atoms with E-state index in [4.69, 9.17) is 0 Å². The number of rotatable bonds is 1. The van der Waals surface area contributed by atoms with Crippen LogP contribution in [0.25, 0.3) is 0 Å². The minimum absolute atomic E-state index is 0.000995. The number of fused-ring (bicyclic) bond motifs is 2. The monoisotopic (exact) mass is 246 g/mol. The highest BCUT2D eigenvalue weighted by Gasteiger charge is 2.43. The van der Waals surface area contributed by atoms with Gasteiger partial charge in [0, 0.05) is 6.54 Å². The van der Waals surface area contributed by atoms with Gasteiger partial charge in [0.15, 0.2) is 0 Å². The number of piperidine rings is 1. The third-order valence-electron chi connectivity index (χ3n) is 3.56. The van der Waals surface area contributed by atoms with Gasteiger partial charge in [-0.2, -0.15) is 0 Å². The average molecular weight is 246 g/mol. The Morgan fingerprint density at radius 2 is 1.94 bits per heavy atom. The second kappa shape index (κ2) is 4.01. The smallest absolute Gasteiger partial charge is 0.248 e. The summed E-state index contributed by atoms with van der Waals surface area (Å²) in [6, 6.07) is 5.52. The average Bonchev–Trinajstić information content (AvgIpc) is 2.34. The van der Waals surface area contributed by atoms with Gasteiger partial charge < -0.3 is 15.3 Å². The van der Waals surface area contributed by atoms with Crippen LogP contribution in [0, 0.1) is 0 Å². The van der Waals surface area contributed by atoms with Crippen LogP contribution in [0.4, 0.5) is 0 Å². The van der Waals surface area contributed by atoms with Gasteiger partial charge in [0.2, 0.25) is 11.8 Å². The second-order valence-electron chi connectivity index (χ2n) is 4.73. The number of phenols is 1. The fourth-order valence-corrected chi connectivity index (χ4v) is 2.67. The van der Waals surface area contributed by atoms with Gasteiger partial charge in [-0.05, 0) is 30.5 Å². The summed E-state index contributed by atoms with van der Waals surface area (Å²) in [7, 11) is 0. The topological polar surface area (TPSA) is 69.6 Å². The third kappa shape index (κ3) is 1.63. The summed E-state index contributed by atoms with van der Waals surface area (Å²) >= 11 is 0. The zero-order valence-electron chi connectivity index (χ0n) is 9.80. The van der Waals surface area contributed by atoms with Gasteiger partial charge in [0.25, 0.3) is 0 Å².